The first-order valence-corrected chi connectivity index (χ1v) is 6.10. The lowest BCUT2D eigenvalue weighted by molar-refractivity contribution is 0.0666. The van der Waals surface area contributed by atoms with Crippen LogP contribution in [0, 0.1) is 0 Å². The summed E-state index contributed by atoms with van der Waals surface area (Å²) in [5.74, 6) is -0.556. The number of carboxylic acids is 1. The smallest absolute Gasteiger partial charge is 0.372 e. The molecule has 0 saturated heterocycles. The first kappa shape index (κ1) is 12.3. The Kier molecular flexibility index (Phi) is 2.91. The molecule has 0 unspecified atom stereocenters. The molecule has 20 heavy (non-hydrogen) atoms. The van der Waals surface area contributed by atoms with Crippen LogP contribution in [0.2, 0.25) is 0 Å². The second-order valence-corrected chi connectivity index (χ2v) is 4.31. The van der Waals surface area contributed by atoms with Gasteiger partial charge in [-0.25, -0.2) is 4.79 Å². The Balaban J connectivity index is 2.39. The van der Waals surface area contributed by atoms with Crippen molar-refractivity contribution in [3.05, 3.63) is 54.3 Å². The summed E-state index contributed by atoms with van der Waals surface area (Å²) in [4.78, 5) is 11.4. The molecule has 0 aliphatic heterocycles. The number of fused-ring (bicyclic) bond motifs is 1. The second kappa shape index (κ2) is 4.74. The van der Waals surface area contributed by atoms with Gasteiger partial charge in [0, 0.05) is 16.5 Å². The van der Waals surface area contributed by atoms with E-state index in [0.29, 0.717) is 22.5 Å². The molecule has 0 aliphatic rings. The van der Waals surface area contributed by atoms with E-state index in [2.05, 4.69) is 0 Å². The summed E-state index contributed by atoms with van der Waals surface area (Å²) in [5, 5.41) is 10.1. The number of methoxy groups -OCH3 is 1. The summed E-state index contributed by atoms with van der Waals surface area (Å²) in [6, 6.07) is 14.5. The molecule has 0 spiro atoms. The number of carbonyl (C=O) groups is 1. The Hall–Kier alpha value is -2.75. The highest BCUT2D eigenvalue weighted by atomic mass is 16.5. The van der Waals surface area contributed by atoms with Crippen LogP contribution < -0.4 is 4.74 Å². The van der Waals surface area contributed by atoms with Crippen molar-refractivity contribution in [3.63, 3.8) is 0 Å². The molecular formula is C16H12O4. The van der Waals surface area contributed by atoms with Crippen molar-refractivity contribution in [2.75, 3.05) is 7.11 Å². The molecule has 0 atom stereocenters. The van der Waals surface area contributed by atoms with Crippen molar-refractivity contribution in [3.8, 4) is 16.9 Å². The van der Waals surface area contributed by atoms with E-state index in [1.54, 1.807) is 19.2 Å². The zero-order chi connectivity index (χ0) is 14.1. The number of hydrogen-bond donors (Lipinski definition) is 1. The molecule has 0 aliphatic carbocycles. The van der Waals surface area contributed by atoms with E-state index >= 15 is 0 Å². The monoisotopic (exact) mass is 268 g/mol. The highest BCUT2D eigenvalue weighted by Crippen LogP contribution is 2.39. The summed E-state index contributed by atoms with van der Waals surface area (Å²) in [6.07, 6.45) is 0. The van der Waals surface area contributed by atoms with Gasteiger partial charge in [0.25, 0.3) is 0 Å². The number of furan rings is 1. The van der Waals surface area contributed by atoms with Crippen LogP contribution in [-0.4, -0.2) is 18.2 Å². The Labute approximate surface area is 115 Å². The fraction of sp³-hybridized carbons (Fsp3) is 0.0625. The van der Waals surface area contributed by atoms with Gasteiger partial charge in [-0.2, -0.15) is 0 Å². The summed E-state index contributed by atoms with van der Waals surface area (Å²) >= 11 is 0. The van der Waals surface area contributed by atoms with E-state index in [9.17, 15) is 9.90 Å². The maximum Gasteiger partial charge on any atom is 0.372 e. The molecule has 3 aromatic rings. The molecule has 0 bridgehead atoms. The molecule has 4 nitrogen and oxygen atoms in total. The van der Waals surface area contributed by atoms with E-state index in [1.165, 1.54) is 0 Å². The highest BCUT2D eigenvalue weighted by molar-refractivity contribution is 6.06. The third kappa shape index (κ3) is 1.82. The van der Waals surface area contributed by atoms with Crippen molar-refractivity contribution in [1.82, 2.24) is 0 Å². The van der Waals surface area contributed by atoms with Crippen LogP contribution >= 0.6 is 0 Å². The molecule has 1 heterocycles. The topological polar surface area (TPSA) is 59.7 Å². The number of benzene rings is 2. The summed E-state index contributed by atoms with van der Waals surface area (Å²) < 4.78 is 10.8. The molecule has 4 heteroatoms. The van der Waals surface area contributed by atoms with E-state index in [-0.39, 0.29) is 5.76 Å². The maximum absolute atomic E-state index is 11.4. The third-order valence-electron chi connectivity index (χ3n) is 3.17. The van der Waals surface area contributed by atoms with Crippen LogP contribution in [-0.2, 0) is 0 Å². The molecule has 0 amide bonds. The van der Waals surface area contributed by atoms with Gasteiger partial charge >= 0.3 is 5.97 Å². The van der Waals surface area contributed by atoms with Gasteiger partial charge in [0.2, 0.25) is 5.76 Å². The molecule has 2 aromatic carbocycles. The fourth-order valence-corrected chi connectivity index (χ4v) is 2.31. The Bertz CT molecular complexity index is 786. The van der Waals surface area contributed by atoms with Gasteiger partial charge in [0.1, 0.15) is 11.3 Å². The zero-order valence-electron chi connectivity index (χ0n) is 10.8. The average molecular weight is 268 g/mol. The van der Waals surface area contributed by atoms with Crippen molar-refractivity contribution < 1.29 is 19.1 Å². The Morgan fingerprint density at radius 2 is 1.80 bits per heavy atom. The van der Waals surface area contributed by atoms with E-state index in [0.717, 1.165) is 5.39 Å². The van der Waals surface area contributed by atoms with Crippen molar-refractivity contribution in [1.29, 1.82) is 0 Å². The highest BCUT2D eigenvalue weighted by Gasteiger charge is 2.23. The lowest BCUT2D eigenvalue weighted by Crippen LogP contribution is -1.97. The largest absolute Gasteiger partial charge is 0.496 e. The van der Waals surface area contributed by atoms with E-state index in [1.807, 2.05) is 36.4 Å². The number of carboxylic acid groups (broad SMARTS) is 1. The molecule has 1 aromatic heterocycles. The number of hydrogen-bond acceptors (Lipinski definition) is 3. The van der Waals surface area contributed by atoms with Gasteiger partial charge in [-0.1, -0.05) is 36.4 Å². The standard InChI is InChI=1S/C16H12O4/c1-19-12-8-4-2-6-10(12)14-11-7-3-5-9-13(11)20-15(14)16(17)18/h2-9H,1H3,(H,17,18). The van der Waals surface area contributed by atoms with Crippen molar-refractivity contribution in [2.24, 2.45) is 0 Å². The SMILES string of the molecule is COc1ccccc1-c1c(C(=O)O)oc2ccccc12. The molecule has 3 rings (SSSR count). The quantitative estimate of drug-likeness (QED) is 0.784. The third-order valence-corrected chi connectivity index (χ3v) is 3.17. The maximum atomic E-state index is 11.4. The van der Waals surface area contributed by atoms with Crippen LogP contribution in [0.4, 0.5) is 0 Å². The predicted octanol–water partition coefficient (Wildman–Crippen LogP) is 3.81. The normalized spacial score (nSPS) is 10.7. The minimum absolute atomic E-state index is 0.0734. The van der Waals surface area contributed by atoms with Crippen molar-refractivity contribution >= 4 is 16.9 Å². The molecule has 100 valence electrons. The van der Waals surface area contributed by atoms with Gasteiger partial charge in [-0.15, -0.1) is 0 Å². The van der Waals surface area contributed by atoms with Gasteiger partial charge < -0.3 is 14.3 Å². The van der Waals surface area contributed by atoms with Gasteiger partial charge in [0.15, 0.2) is 0 Å². The summed E-state index contributed by atoms with van der Waals surface area (Å²) in [6.45, 7) is 0. The van der Waals surface area contributed by atoms with Crippen LogP contribution in [0.15, 0.2) is 52.9 Å². The molecule has 1 N–H and O–H groups in total. The number of para-hydroxylation sites is 2. The van der Waals surface area contributed by atoms with Crippen LogP contribution in [0.25, 0.3) is 22.1 Å². The number of ether oxygens (including phenoxy) is 1. The molecule has 0 radical (unpaired) electrons. The number of rotatable bonds is 3. The van der Waals surface area contributed by atoms with Crippen LogP contribution in [0.5, 0.6) is 5.75 Å². The van der Waals surface area contributed by atoms with Gasteiger partial charge in [0.05, 0.1) is 7.11 Å². The minimum Gasteiger partial charge on any atom is -0.496 e. The lowest BCUT2D eigenvalue weighted by Gasteiger charge is -2.07. The summed E-state index contributed by atoms with van der Waals surface area (Å²) in [7, 11) is 1.56. The molecule has 0 saturated carbocycles. The second-order valence-electron chi connectivity index (χ2n) is 4.31. The van der Waals surface area contributed by atoms with Crippen LogP contribution in [0.3, 0.4) is 0 Å². The Morgan fingerprint density at radius 1 is 1.10 bits per heavy atom. The zero-order valence-corrected chi connectivity index (χ0v) is 10.8. The average Bonchev–Trinajstić information content (AvgIpc) is 2.86. The first-order valence-electron chi connectivity index (χ1n) is 6.10. The predicted molar refractivity (Wildman–Crippen MR) is 75.2 cm³/mol. The van der Waals surface area contributed by atoms with Crippen LogP contribution in [0.1, 0.15) is 10.6 Å². The Morgan fingerprint density at radius 3 is 2.55 bits per heavy atom. The van der Waals surface area contributed by atoms with Gasteiger partial charge in [-0.05, 0) is 12.1 Å². The minimum atomic E-state index is -1.10. The van der Waals surface area contributed by atoms with E-state index < -0.39 is 5.97 Å². The molecular weight excluding hydrogens is 256 g/mol. The number of aromatic carboxylic acids is 1. The van der Waals surface area contributed by atoms with E-state index in [4.69, 9.17) is 9.15 Å². The summed E-state index contributed by atoms with van der Waals surface area (Å²) in [5.41, 5.74) is 1.80. The van der Waals surface area contributed by atoms with Gasteiger partial charge in [-0.3, -0.25) is 0 Å². The lowest BCUT2D eigenvalue weighted by atomic mass is 10.0. The first-order chi connectivity index (χ1) is 9.72. The van der Waals surface area contributed by atoms with Crippen molar-refractivity contribution in [2.45, 2.75) is 0 Å². The molecule has 0 fully saturated rings. The fourth-order valence-electron chi connectivity index (χ4n) is 2.31.